The predicted molar refractivity (Wildman–Crippen MR) is 84.7 cm³/mol. The molecule has 0 saturated heterocycles. The van der Waals surface area contributed by atoms with Crippen LogP contribution in [0.25, 0.3) is 0 Å². The quantitative estimate of drug-likeness (QED) is 0.831. The Morgan fingerprint density at radius 1 is 0.950 bits per heavy atom. The summed E-state index contributed by atoms with van der Waals surface area (Å²) in [6.45, 7) is 5.32. The molecule has 2 aromatic rings. The normalized spacial score (nSPS) is 10.8. The topological polar surface area (TPSA) is 32.3 Å². The number of aliphatic hydroxyl groups excluding tert-OH is 1. The molecule has 0 amide bonds. The lowest BCUT2D eigenvalue weighted by atomic mass is 10.0. The van der Waals surface area contributed by atoms with Crippen LogP contribution < -0.4 is 5.32 Å². The van der Waals surface area contributed by atoms with Gasteiger partial charge in [0, 0.05) is 17.8 Å². The van der Waals surface area contributed by atoms with E-state index < -0.39 is 0 Å². The number of hydrogen-bond acceptors (Lipinski definition) is 2. The predicted octanol–water partition coefficient (Wildman–Crippen LogP) is 3.99. The first kappa shape index (κ1) is 14.6. The van der Waals surface area contributed by atoms with Crippen molar-refractivity contribution in [3.8, 4) is 0 Å². The van der Waals surface area contributed by atoms with Gasteiger partial charge in [0.25, 0.3) is 0 Å². The molecule has 0 spiro atoms. The molecule has 0 bridgehead atoms. The molecule has 2 rings (SSSR count). The van der Waals surface area contributed by atoms with Crippen LogP contribution in [-0.4, -0.2) is 5.11 Å². The largest absolute Gasteiger partial charge is 0.392 e. The number of benzene rings is 2. The van der Waals surface area contributed by atoms with Gasteiger partial charge in [0.2, 0.25) is 0 Å². The molecule has 2 nitrogen and oxygen atoms in total. The van der Waals surface area contributed by atoms with E-state index in [0.717, 1.165) is 24.2 Å². The molecule has 2 heteroatoms. The highest BCUT2D eigenvalue weighted by atomic mass is 16.3. The molecule has 0 radical (unpaired) electrons. The number of aliphatic hydroxyl groups is 1. The standard InChI is InChI=1S/C18H23NO/c1-14(2)11-15-7-9-16(10-8-15)12-19-18-6-4-3-5-17(18)13-20/h3-10,14,19-20H,11-13H2,1-2H3. The van der Waals surface area contributed by atoms with Crippen LogP contribution in [0.15, 0.2) is 48.5 Å². The van der Waals surface area contributed by atoms with E-state index in [9.17, 15) is 5.11 Å². The maximum atomic E-state index is 9.30. The first-order valence-electron chi connectivity index (χ1n) is 7.19. The van der Waals surface area contributed by atoms with Gasteiger partial charge in [-0.3, -0.25) is 0 Å². The lowest BCUT2D eigenvalue weighted by Crippen LogP contribution is -2.02. The number of rotatable bonds is 6. The lowest BCUT2D eigenvalue weighted by molar-refractivity contribution is 0.282. The molecular weight excluding hydrogens is 246 g/mol. The molecule has 0 fully saturated rings. The second-order valence-corrected chi connectivity index (χ2v) is 5.58. The van der Waals surface area contributed by atoms with Crippen molar-refractivity contribution in [2.24, 2.45) is 5.92 Å². The fourth-order valence-corrected chi connectivity index (χ4v) is 2.29. The summed E-state index contributed by atoms with van der Waals surface area (Å²) >= 11 is 0. The third-order valence-corrected chi connectivity index (χ3v) is 3.34. The van der Waals surface area contributed by atoms with Crippen molar-refractivity contribution in [2.75, 3.05) is 5.32 Å². The lowest BCUT2D eigenvalue weighted by Gasteiger charge is -2.11. The summed E-state index contributed by atoms with van der Waals surface area (Å²) in [4.78, 5) is 0. The molecular formula is C18H23NO. The minimum Gasteiger partial charge on any atom is -0.392 e. The van der Waals surface area contributed by atoms with E-state index in [2.05, 4.69) is 43.4 Å². The number of para-hydroxylation sites is 1. The van der Waals surface area contributed by atoms with E-state index in [4.69, 9.17) is 0 Å². The van der Waals surface area contributed by atoms with Gasteiger partial charge in [-0.25, -0.2) is 0 Å². The smallest absolute Gasteiger partial charge is 0.0701 e. The van der Waals surface area contributed by atoms with Crippen molar-refractivity contribution >= 4 is 5.69 Å². The second-order valence-electron chi connectivity index (χ2n) is 5.58. The van der Waals surface area contributed by atoms with Gasteiger partial charge in [-0.05, 0) is 29.5 Å². The average molecular weight is 269 g/mol. The molecule has 0 atom stereocenters. The Balaban J connectivity index is 1.97. The first-order valence-corrected chi connectivity index (χ1v) is 7.19. The van der Waals surface area contributed by atoms with E-state index in [0.29, 0.717) is 5.92 Å². The number of nitrogens with one attached hydrogen (secondary N) is 1. The molecule has 2 aromatic carbocycles. The summed E-state index contributed by atoms with van der Waals surface area (Å²) in [5, 5.41) is 12.7. The van der Waals surface area contributed by atoms with Crippen molar-refractivity contribution in [2.45, 2.75) is 33.4 Å². The van der Waals surface area contributed by atoms with Crippen LogP contribution in [0.2, 0.25) is 0 Å². The molecule has 0 heterocycles. The Morgan fingerprint density at radius 2 is 1.60 bits per heavy atom. The maximum absolute atomic E-state index is 9.30. The van der Waals surface area contributed by atoms with Crippen molar-refractivity contribution in [3.05, 3.63) is 65.2 Å². The van der Waals surface area contributed by atoms with Crippen molar-refractivity contribution in [3.63, 3.8) is 0 Å². The van der Waals surface area contributed by atoms with Crippen molar-refractivity contribution < 1.29 is 5.11 Å². The molecule has 2 N–H and O–H groups in total. The van der Waals surface area contributed by atoms with Gasteiger partial charge in [-0.2, -0.15) is 0 Å². The molecule has 106 valence electrons. The molecule has 0 aromatic heterocycles. The second kappa shape index (κ2) is 7.11. The molecule has 0 aliphatic heterocycles. The van der Waals surface area contributed by atoms with Crippen LogP contribution in [0, 0.1) is 5.92 Å². The monoisotopic (exact) mass is 269 g/mol. The number of anilines is 1. The van der Waals surface area contributed by atoms with Gasteiger partial charge >= 0.3 is 0 Å². The summed E-state index contributed by atoms with van der Waals surface area (Å²) in [6, 6.07) is 16.6. The van der Waals surface area contributed by atoms with E-state index in [1.807, 2.05) is 24.3 Å². The van der Waals surface area contributed by atoms with Crippen LogP contribution >= 0.6 is 0 Å². The Morgan fingerprint density at radius 3 is 2.25 bits per heavy atom. The van der Waals surface area contributed by atoms with Crippen LogP contribution in [-0.2, 0) is 19.6 Å². The minimum absolute atomic E-state index is 0.0660. The fraction of sp³-hybridized carbons (Fsp3) is 0.333. The molecule has 0 unspecified atom stereocenters. The van der Waals surface area contributed by atoms with E-state index in [-0.39, 0.29) is 6.61 Å². The summed E-state index contributed by atoms with van der Waals surface area (Å²) < 4.78 is 0. The summed E-state index contributed by atoms with van der Waals surface area (Å²) in [6.07, 6.45) is 1.13. The van der Waals surface area contributed by atoms with Crippen LogP contribution in [0.3, 0.4) is 0 Å². The van der Waals surface area contributed by atoms with Crippen molar-refractivity contribution in [1.29, 1.82) is 0 Å². The van der Waals surface area contributed by atoms with Gasteiger partial charge in [0.15, 0.2) is 0 Å². The van der Waals surface area contributed by atoms with Gasteiger partial charge in [0.1, 0.15) is 0 Å². The van der Waals surface area contributed by atoms with Crippen molar-refractivity contribution in [1.82, 2.24) is 0 Å². The third kappa shape index (κ3) is 4.10. The van der Waals surface area contributed by atoms with Gasteiger partial charge in [-0.15, -0.1) is 0 Å². The van der Waals surface area contributed by atoms with E-state index in [1.165, 1.54) is 11.1 Å². The Bertz CT molecular complexity index is 531. The highest BCUT2D eigenvalue weighted by Crippen LogP contribution is 2.16. The summed E-state index contributed by atoms with van der Waals surface area (Å²) in [7, 11) is 0. The maximum Gasteiger partial charge on any atom is 0.0701 e. The van der Waals surface area contributed by atoms with E-state index in [1.54, 1.807) is 0 Å². The fourth-order valence-electron chi connectivity index (χ4n) is 2.29. The zero-order valence-electron chi connectivity index (χ0n) is 12.3. The first-order chi connectivity index (χ1) is 9.69. The van der Waals surface area contributed by atoms with Crippen LogP contribution in [0.4, 0.5) is 5.69 Å². The Hall–Kier alpha value is -1.80. The SMILES string of the molecule is CC(C)Cc1ccc(CNc2ccccc2CO)cc1. The highest BCUT2D eigenvalue weighted by Gasteiger charge is 2.01. The zero-order chi connectivity index (χ0) is 14.4. The van der Waals surface area contributed by atoms with Crippen LogP contribution in [0.5, 0.6) is 0 Å². The third-order valence-electron chi connectivity index (χ3n) is 3.34. The Kier molecular flexibility index (Phi) is 5.19. The van der Waals surface area contributed by atoms with Crippen LogP contribution in [0.1, 0.15) is 30.5 Å². The molecule has 20 heavy (non-hydrogen) atoms. The van der Waals surface area contributed by atoms with E-state index >= 15 is 0 Å². The van der Waals surface area contributed by atoms with Gasteiger partial charge in [-0.1, -0.05) is 56.3 Å². The average Bonchev–Trinajstić information content (AvgIpc) is 2.46. The number of hydrogen-bond donors (Lipinski definition) is 2. The summed E-state index contributed by atoms with van der Waals surface area (Å²) in [5.41, 5.74) is 4.58. The van der Waals surface area contributed by atoms with Gasteiger partial charge < -0.3 is 10.4 Å². The Labute approximate surface area is 121 Å². The molecule has 0 saturated carbocycles. The summed E-state index contributed by atoms with van der Waals surface area (Å²) in [5.74, 6) is 0.690. The zero-order valence-corrected chi connectivity index (χ0v) is 12.3. The highest BCUT2D eigenvalue weighted by molar-refractivity contribution is 5.51. The molecule has 0 aliphatic rings. The molecule has 0 aliphatic carbocycles. The van der Waals surface area contributed by atoms with Gasteiger partial charge in [0.05, 0.1) is 6.61 Å². The minimum atomic E-state index is 0.0660.